The molecule has 0 bridgehead atoms. The van der Waals surface area contributed by atoms with Gasteiger partial charge in [0.25, 0.3) is 0 Å². The third-order valence-electron chi connectivity index (χ3n) is 6.61. The Bertz CT molecular complexity index is 393. The van der Waals surface area contributed by atoms with E-state index in [1.54, 1.807) is 0 Å². The van der Waals surface area contributed by atoms with Crippen LogP contribution in [0.15, 0.2) is 0 Å². The van der Waals surface area contributed by atoms with E-state index in [-0.39, 0.29) is 10.5 Å². The predicted octanol–water partition coefficient (Wildman–Crippen LogP) is 5.33. The van der Waals surface area contributed by atoms with Crippen LogP contribution in [0, 0.1) is 11.3 Å². The van der Waals surface area contributed by atoms with Gasteiger partial charge >= 0.3 is 0 Å². The highest BCUT2D eigenvalue weighted by Gasteiger charge is 2.52. The van der Waals surface area contributed by atoms with E-state index in [1.807, 2.05) is 6.92 Å². The molecule has 21 heavy (non-hydrogen) atoms. The van der Waals surface area contributed by atoms with Crippen LogP contribution in [0.5, 0.6) is 0 Å². The molecule has 122 valence electrons. The number of ketones is 1. The molecule has 2 rings (SSSR count). The third kappa shape index (κ3) is 3.14. The van der Waals surface area contributed by atoms with E-state index in [9.17, 15) is 4.79 Å². The average Bonchev–Trinajstić information content (AvgIpc) is 2.37. The van der Waals surface area contributed by atoms with Gasteiger partial charge in [-0.05, 0) is 63.1 Å². The van der Waals surface area contributed by atoms with Crippen molar-refractivity contribution in [3.8, 4) is 0 Å². The monoisotopic (exact) mass is 310 g/mol. The van der Waals surface area contributed by atoms with Crippen LogP contribution in [0.2, 0.25) is 18.1 Å². The first-order valence-electron chi connectivity index (χ1n) is 8.79. The van der Waals surface area contributed by atoms with Crippen molar-refractivity contribution in [1.29, 1.82) is 0 Å². The van der Waals surface area contributed by atoms with Crippen molar-refractivity contribution in [2.75, 3.05) is 0 Å². The Morgan fingerprint density at radius 2 is 1.71 bits per heavy atom. The largest absolute Gasteiger partial charge is 0.414 e. The van der Waals surface area contributed by atoms with Gasteiger partial charge in [0.05, 0.1) is 0 Å². The molecule has 0 aromatic carbocycles. The van der Waals surface area contributed by atoms with Crippen molar-refractivity contribution in [2.24, 2.45) is 11.3 Å². The highest BCUT2D eigenvalue weighted by Crippen LogP contribution is 2.53. The first-order valence-corrected chi connectivity index (χ1v) is 11.7. The first kappa shape index (κ1) is 17.2. The van der Waals surface area contributed by atoms with Gasteiger partial charge in [0.15, 0.2) is 8.32 Å². The molecule has 2 aliphatic rings. The number of hydrogen-bond acceptors (Lipinski definition) is 2. The zero-order valence-corrected chi connectivity index (χ0v) is 15.9. The molecular weight excluding hydrogens is 276 g/mol. The Kier molecular flexibility index (Phi) is 4.76. The Morgan fingerprint density at radius 3 is 2.29 bits per heavy atom. The molecule has 0 unspecified atom stereocenters. The summed E-state index contributed by atoms with van der Waals surface area (Å²) in [6.45, 7) is 13.4. The van der Waals surface area contributed by atoms with E-state index in [1.165, 1.54) is 19.3 Å². The maximum absolute atomic E-state index is 12.4. The lowest BCUT2D eigenvalue weighted by Crippen LogP contribution is -2.53. The summed E-state index contributed by atoms with van der Waals surface area (Å²) in [5.41, 5.74) is -0.0521. The highest BCUT2D eigenvalue weighted by molar-refractivity contribution is 6.74. The summed E-state index contributed by atoms with van der Waals surface area (Å²) >= 11 is 0. The lowest BCUT2D eigenvalue weighted by atomic mass is 9.57. The van der Waals surface area contributed by atoms with Gasteiger partial charge in [-0.25, -0.2) is 0 Å². The summed E-state index contributed by atoms with van der Waals surface area (Å²) in [7, 11) is -1.75. The van der Waals surface area contributed by atoms with E-state index in [2.05, 4.69) is 33.9 Å². The second kappa shape index (κ2) is 5.81. The Balaban J connectivity index is 2.22. The fourth-order valence-corrected chi connectivity index (χ4v) is 5.64. The number of hydrogen-bond donors (Lipinski definition) is 0. The zero-order chi connectivity index (χ0) is 15.9. The fraction of sp³-hybridized carbons (Fsp3) is 0.944. The normalized spacial score (nSPS) is 34.4. The summed E-state index contributed by atoms with van der Waals surface area (Å²) < 4.78 is 6.77. The molecule has 0 N–H and O–H groups in total. The van der Waals surface area contributed by atoms with E-state index in [0.29, 0.717) is 17.8 Å². The Labute approximate surface area is 132 Å². The van der Waals surface area contributed by atoms with Crippen molar-refractivity contribution in [3.05, 3.63) is 0 Å². The predicted molar refractivity (Wildman–Crippen MR) is 91.0 cm³/mol. The van der Waals surface area contributed by atoms with Crippen molar-refractivity contribution in [3.63, 3.8) is 0 Å². The quantitative estimate of drug-likeness (QED) is 0.659. The number of rotatable bonds is 3. The van der Waals surface area contributed by atoms with Crippen LogP contribution in [-0.2, 0) is 9.22 Å². The standard InChI is InChI=1S/C18H34O2Si/c1-14(19)18-12-8-7-10-15(18)16(11-9-13-18)20-21(5,6)17(2,3)4/h15-16H,7-13H2,1-6H3/t15-,16-,18-/m0/s1. The molecular formula is C18H34O2Si. The van der Waals surface area contributed by atoms with Gasteiger partial charge < -0.3 is 4.43 Å². The fourth-order valence-electron chi connectivity index (χ4n) is 4.25. The molecule has 3 heteroatoms. The number of fused-ring (bicyclic) bond motifs is 1. The number of carbonyl (C=O) groups is 1. The lowest BCUT2D eigenvalue weighted by Gasteiger charge is -2.52. The third-order valence-corrected chi connectivity index (χ3v) is 11.1. The van der Waals surface area contributed by atoms with Crippen LogP contribution in [0.1, 0.15) is 72.6 Å². The SMILES string of the molecule is CC(=O)[C@@]12CCCC[C@H]1[C@@H](O[Si](C)(C)C(C)(C)C)CCC2. The van der Waals surface area contributed by atoms with Crippen molar-refractivity contribution in [1.82, 2.24) is 0 Å². The molecule has 3 atom stereocenters. The maximum Gasteiger partial charge on any atom is 0.192 e. The molecule has 2 saturated carbocycles. The molecule has 0 spiro atoms. The van der Waals surface area contributed by atoms with Crippen molar-refractivity contribution < 1.29 is 9.22 Å². The minimum atomic E-state index is -1.75. The highest BCUT2D eigenvalue weighted by atomic mass is 28.4. The molecule has 2 nitrogen and oxygen atoms in total. The maximum atomic E-state index is 12.4. The van der Waals surface area contributed by atoms with Crippen LogP contribution in [0.4, 0.5) is 0 Å². The molecule has 0 amide bonds. The molecule has 0 aromatic heterocycles. The number of carbonyl (C=O) groups excluding carboxylic acids is 1. The zero-order valence-electron chi connectivity index (χ0n) is 14.9. The van der Waals surface area contributed by atoms with Crippen LogP contribution < -0.4 is 0 Å². The van der Waals surface area contributed by atoms with Crippen molar-refractivity contribution in [2.45, 2.75) is 96.9 Å². The van der Waals surface area contributed by atoms with Crippen LogP contribution in [0.3, 0.4) is 0 Å². The van der Waals surface area contributed by atoms with Crippen LogP contribution in [0.25, 0.3) is 0 Å². The number of Topliss-reactive ketones (excluding diaryl/α,β-unsaturated/α-hetero) is 1. The van der Waals surface area contributed by atoms with E-state index in [4.69, 9.17) is 4.43 Å². The summed E-state index contributed by atoms with van der Waals surface area (Å²) in [5.74, 6) is 0.905. The second-order valence-corrected chi connectivity index (χ2v) is 13.6. The van der Waals surface area contributed by atoms with Gasteiger partial charge in [-0.1, -0.05) is 33.6 Å². The van der Waals surface area contributed by atoms with E-state index >= 15 is 0 Å². The summed E-state index contributed by atoms with van der Waals surface area (Å²) in [5, 5.41) is 0.248. The van der Waals surface area contributed by atoms with Crippen molar-refractivity contribution >= 4 is 14.1 Å². The summed E-state index contributed by atoms with van der Waals surface area (Å²) in [6, 6.07) is 0. The van der Waals surface area contributed by atoms with Gasteiger partial charge in [0.2, 0.25) is 0 Å². The average molecular weight is 311 g/mol. The topological polar surface area (TPSA) is 26.3 Å². The Morgan fingerprint density at radius 1 is 1.10 bits per heavy atom. The molecule has 0 heterocycles. The molecule has 0 aromatic rings. The van der Waals surface area contributed by atoms with Gasteiger partial charge in [-0.15, -0.1) is 0 Å². The lowest BCUT2D eigenvalue weighted by molar-refractivity contribution is -0.140. The molecule has 0 aliphatic heterocycles. The minimum Gasteiger partial charge on any atom is -0.414 e. The van der Waals surface area contributed by atoms with Crippen LogP contribution in [-0.4, -0.2) is 20.2 Å². The summed E-state index contributed by atoms with van der Waals surface area (Å²) in [4.78, 5) is 12.4. The summed E-state index contributed by atoms with van der Waals surface area (Å²) in [6.07, 6.45) is 8.54. The van der Waals surface area contributed by atoms with Crippen LogP contribution >= 0.6 is 0 Å². The minimum absolute atomic E-state index is 0.0521. The Hall–Kier alpha value is -0.153. The smallest absolute Gasteiger partial charge is 0.192 e. The molecule has 2 aliphatic carbocycles. The van der Waals surface area contributed by atoms with Gasteiger partial charge in [0, 0.05) is 11.5 Å². The molecule has 0 saturated heterocycles. The molecule has 0 radical (unpaired) electrons. The van der Waals surface area contributed by atoms with Gasteiger partial charge in [-0.2, -0.15) is 0 Å². The van der Waals surface area contributed by atoms with Gasteiger partial charge in [0.1, 0.15) is 5.78 Å². The van der Waals surface area contributed by atoms with E-state index < -0.39 is 8.32 Å². The van der Waals surface area contributed by atoms with Gasteiger partial charge in [-0.3, -0.25) is 4.79 Å². The van der Waals surface area contributed by atoms with E-state index in [0.717, 1.165) is 25.7 Å². The molecule has 2 fully saturated rings. The second-order valence-electron chi connectivity index (χ2n) is 8.87. The first-order chi connectivity index (χ1) is 9.60.